The molecule has 0 aliphatic heterocycles. The first-order valence-corrected chi connectivity index (χ1v) is 8.72. The predicted molar refractivity (Wildman–Crippen MR) is 103 cm³/mol. The highest BCUT2D eigenvalue weighted by molar-refractivity contribution is 6.30. The fourth-order valence-electron chi connectivity index (χ4n) is 2.48. The van der Waals surface area contributed by atoms with Gasteiger partial charge >= 0.3 is 0 Å². The van der Waals surface area contributed by atoms with E-state index in [1.807, 2.05) is 6.07 Å². The van der Waals surface area contributed by atoms with Crippen molar-refractivity contribution in [1.29, 1.82) is 0 Å². The van der Waals surface area contributed by atoms with Gasteiger partial charge < -0.3 is 19.0 Å². The number of aromatic nitrogens is 2. The van der Waals surface area contributed by atoms with Crippen molar-refractivity contribution in [1.82, 2.24) is 10.1 Å². The van der Waals surface area contributed by atoms with Crippen molar-refractivity contribution in [3.05, 3.63) is 71.9 Å². The molecule has 0 spiro atoms. The van der Waals surface area contributed by atoms with E-state index in [1.165, 1.54) is 6.26 Å². The maximum absolute atomic E-state index is 12.3. The van der Waals surface area contributed by atoms with Crippen LogP contribution in [0.4, 0.5) is 5.69 Å². The lowest BCUT2D eigenvalue weighted by molar-refractivity contribution is -0.118. The molecule has 0 bridgehead atoms. The Kier molecular flexibility index (Phi) is 5.07. The van der Waals surface area contributed by atoms with E-state index in [4.69, 9.17) is 25.3 Å². The van der Waals surface area contributed by atoms with Crippen LogP contribution in [0.2, 0.25) is 5.02 Å². The van der Waals surface area contributed by atoms with Crippen molar-refractivity contribution in [3.8, 4) is 28.8 Å². The van der Waals surface area contributed by atoms with Crippen LogP contribution >= 0.6 is 11.6 Å². The van der Waals surface area contributed by atoms with Gasteiger partial charge in [0, 0.05) is 5.02 Å². The summed E-state index contributed by atoms with van der Waals surface area (Å²) in [6.45, 7) is -0.155. The van der Waals surface area contributed by atoms with E-state index >= 15 is 0 Å². The summed E-state index contributed by atoms with van der Waals surface area (Å²) in [6.07, 6.45) is 1.53. The van der Waals surface area contributed by atoms with E-state index < -0.39 is 0 Å². The number of rotatable bonds is 6. The van der Waals surface area contributed by atoms with Gasteiger partial charge in [-0.15, -0.1) is 0 Å². The normalized spacial score (nSPS) is 10.6. The molecule has 4 rings (SSSR count). The standard InChI is InChI=1S/C20H14ClN3O4/c21-13-7-9-14(10-8-13)27-12-18(25)22-16-5-2-1-4-15(16)20-23-19(24-28-20)17-6-3-11-26-17/h1-11H,12H2,(H,22,25). The molecule has 8 heteroatoms. The lowest BCUT2D eigenvalue weighted by atomic mass is 10.1. The van der Waals surface area contributed by atoms with Gasteiger partial charge in [-0.1, -0.05) is 28.9 Å². The molecule has 1 amide bonds. The number of carbonyl (C=O) groups is 1. The van der Waals surface area contributed by atoms with Crippen LogP contribution in [0.15, 0.2) is 75.9 Å². The van der Waals surface area contributed by atoms with Crippen LogP contribution in [0.5, 0.6) is 5.75 Å². The summed E-state index contributed by atoms with van der Waals surface area (Å²) in [5.74, 6) is 1.31. The average Bonchev–Trinajstić information content (AvgIpc) is 3.40. The second-order valence-electron chi connectivity index (χ2n) is 5.74. The largest absolute Gasteiger partial charge is 0.484 e. The molecule has 140 valence electrons. The number of hydrogen-bond donors (Lipinski definition) is 1. The Morgan fingerprint density at radius 3 is 2.68 bits per heavy atom. The van der Waals surface area contributed by atoms with Crippen LogP contribution in [0.1, 0.15) is 0 Å². The summed E-state index contributed by atoms with van der Waals surface area (Å²) in [6, 6.07) is 17.4. The fourth-order valence-corrected chi connectivity index (χ4v) is 2.61. The Morgan fingerprint density at radius 1 is 1.07 bits per heavy atom. The molecular weight excluding hydrogens is 382 g/mol. The van der Waals surface area contributed by atoms with E-state index in [0.29, 0.717) is 33.6 Å². The SMILES string of the molecule is O=C(COc1ccc(Cl)cc1)Nc1ccccc1-c1nc(-c2ccco2)no1. The Morgan fingerprint density at radius 2 is 1.89 bits per heavy atom. The van der Waals surface area contributed by atoms with E-state index in [0.717, 1.165) is 0 Å². The number of anilines is 1. The molecular formula is C20H14ClN3O4. The molecule has 1 N–H and O–H groups in total. The number of nitrogens with one attached hydrogen (secondary N) is 1. The summed E-state index contributed by atoms with van der Waals surface area (Å²) >= 11 is 5.83. The van der Waals surface area contributed by atoms with Crippen molar-refractivity contribution in [2.75, 3.05) is 11.9 Å². The van der Waals surface area contributed by atoms with Gasteiger partial charge in [0.1, 0.15) is 5.75 Å². The molecule has 0 fully saturated rings. The van der Waals surface area contributed by atoms with E-state index in [1.54, 1.807) is 54.6 Å². The van der Waals surface area contributed by atoms with Gasteiger partial charge in [0.15, 0.2) is 12.4 Å². The van der Waals surface area contributed by atoms with Crippen LogP contribution in [0.3, 0.4) is 0 Å². The zero-order chi connectivity index (χ0) is 19.3. The highest BCUT2D eigenvalue weighted by Crippen LogP contribution is 2.28. The van der Waals surface area contributed by atoms with E-state index in [-0.39, 0.29) is 18.4 Å². The summed E-state index contributed by atoms with van der Waals surface area (Å²) in [4.78, 5) is 16.6. The van der Waals surface area contributed by atoms with Crippen LogP contribution in [-0.2, 0) is 4.79 Å². The minimum Gasteiger partial charge on any atom is -0.484 e. The molecule has 28 heavy (non-hydrogen) atoms. The second-order valence-corrected chi connectivity index (χ2v) is 6.17. The second kappa shape index (κ2) is 7.98. The molecule has 2 aromatic carbocycles. The maximum atomic E-state index is 12.3. The molecule has 0 aliphatic rings. The number of ether oxygens (including phenoxy) is 1. The minimum absolute atomic E-state index is 0.155. The minimum atomic E-state index is -0.326. The van der Waals surface area contributed by atoms with Gasteiger partial charge in [-0.3, -0.25) is 4.79 Å². The lowest BCUT2D eigenvalue weighted by Crippen LogP contribution is -2.20. The number of hydrogen-bond acceptors (Lipinski definition) is 6. The first-order chi connectivity index (χ1) is 13.7. The van der Waals surface area contributed by atoms with Gasteiger partial charge in [-0.2, -0.15) is 4.98 Å². The highest BCUT2D eigenvalue weighted by atomic mass is 35.5. The van der Waals surface area contributed by atoms with E-state index in [2.05, 4.69) is 15.5 Å². The van der Waals surface area contributed by atoms with Crippen molar-refractivity contribution in [2.45, 2.75) is 0 Å². The smallest absolute Gasteiger partial charge is 0.262 e. The van der Waals surface area contributed by atoms with Crippen molar-refractivity contribution < 1.29 is 18.5 Å². The van der Waals surface area contributed by atoms with Gasteiger partial charge in [-0.05, 0) is 48.5 Å². The number of para-hydroxylation sites is 1. The number of nitrogens with zero attached hydrogens (tertiary/aromatic N) is 2. The van der Waals surface area contributed by atoms with Crippen LogP contribution in [0.25, 0.3) is 23.0 Å². The number of halogens is 1. The number of benzene rings is 2. The van der Waals surface area contributed by atoms with Gasteiger partial charge in [0.25, 0.3) is 11.8 Å². The molecule has 4 aromatic rings. The molecule has 2 aromatic heterocycles. The third kappa shape index (κ3) is 4.05. The first kappa shape index (κ1) is 17.8. The van der Waals surface area contributed by atoms with E-state index in [9.17, 15) is 4.79 Å². The molecule has 0 saturated carbocycles. The molecule has 0 aliphatic carbocycles. The molecule has 0 atom stereocenters. The van der Waals surface area contributed by atoms with Crippen molar-refractivity contribution in [3.63, 3.8) is 0 Å². The number of carbonyl (C=O) groups excluding carboxylic acids is 1. The monoisotopic (exact) mass is 395 g/mol. The third-order valence-corrected chi connectivity index (χ3v) is 4.03. The predicted octanol–water partition coefficient (Wildman–Crippen LogP) is 4.67. The highest BCUT2D eigenvalue weighted by Gasteiger charge is 2.16. The van der Waals surface area contributed by atoms with Crippen LogP contribution in [0, 0.1) is 0 Å². The first-order valence-electron chi connectivity index (χ1n) is 8.34. The molecule has 0 saturated heterocycles. The third-order valence-electron chi connectivity index (χ3n) is 3.78. The maximum Gasteiger partial charge on any atom is 0.262 e. The zero-order valence-electron chi connectivity index (χ0n) is 14.5. The van der Waals surface area contributed by atoms with Crippen molar-refractivity contribution >= 4 is 23.2 Å². The van der Waals surface area contributed by atoms with Gasteiger partial charge in [0.05, 0.1) is 17.5 Å². The summed E-state index contributed by atoms with van der Waals surface area (Å²) in [5, 5.41) is 7.30. The molecule has 0 unspecified atom stereocenters. The Labute approximate surface area is 164 Å². The molecule has 7 nitrogen and oxygen atoms in total. The average molecular weight is 396 g/mol. The Bertz CT molecular complexity index is 1080. The molecule has 2 heterocycles. The number of amides is 1. The molecule has 0 radical (unpaired) electrons. The zero-order valence-corrected chi connectivity index (χ0v) is 15.2. The van der Waals surface area contributed by atoms with Gasteiger partial charge in [0.2, 0.25) is 5.82 Å². The van der Waals surface area contributed by atoms with Gasteiger partial charge in [-0.25, -0.2) is 0 Å². The lowest BCUT2D eigenvalue weighted by Gasteiger charge is -2.09. The summed E-state index contributed by atoms with van der Waals surface area (Å²) < 4.78 is 16.0. The Hall–Kier alpha value is -3.58. The Balaban J connectivity index is 1.47. The number of furan rings is 1. The van der Waals surface area contributed by atoms with Crippen LogP contribution in [-0.4, -0.2) is 22.7 Å². The topological polar surface area (TPSA) is 90.4 Å². The van der Waals surface area contributed by atoms with Crippen LogP contribution < -0.4 is 10.1 Å². The van der Waals surface area contributed by atoms with Crippen molar-refractivity contribution in [2.24, 2.45) is 0 Å². The summed E-state index contributed by atoms with van der Waals surface area (Å²) in [5.41, 5.74) is 1.12. The summed E-state index contributed by atoms with van der Waals surface area (Å²) in [7, 11) is 0. The fraction of sp³-hybridized carbons (Fsp3) is 0.0500. The quantitative estimate of drug-likeness (QED) is 0.510.